The van der Waals surface area contributed by atoms with Gasteiger partial charge in [-0.05, 0) is 18.9 Å². The molecule has 2 aliphatic rings. The van der Waals surface area contributed by atoms with E-state index in [1.165, 1.54) is 20.3 Å². The lowest BCUT2D eigenvalue weighted by atomic mass is 9.72. The van der Waals surface area contributed by atoms with Crippen molar-refractivity contribution < 1.29 is 34.0 Å². The highest BCUT2D eigenvalue weighted by Crippen LogP contribution is 2.54. The maximum Gasteiger partial charge on any atom is 0.231 e. The molecule has 0 saturated heterocycles. The minimum Gasteiger partial charge on any atom is -0.507 e. The van der Waals surface area contributed by atoms with Crippen LogP contribution >= 0.6 is 11.6 Å². The third-order valence-electron chi connectivity index (χ3n) is 6.73. The average Bonchev–Trinajstić information content (AvgIpc) is 3.18. The molecule has 2 aromatic rings. The monoisotopic (exact) mass is 513 g/mol. The van der Waals surface area contributed by atoms with E-state index in [1.54, 1.807) is 13.8 Å². The fourth-order valence-electron chi connectivity index (χ4n) is 4.91. The van der Waals surface area contributed by atoms with Crippen molar-refractivity contribution in [3.63, 3.8) is 0 Å². The number of carbonyl (C=O) groups excluding carboxylic acids is 2. The first kappa shape index (κ1) is 25.7. The van der Waals surface area contributed by atoms with Crippen LogP contribution in [-0.4, -0.2) is 60.0 Å². The largest absolute Gasteiger partial charge is 0.507 e. The van der Waals surface area contributed by atoms with Gasteiger partial charge in [-0.3, -0.25) is 14.6 Å². The van der Waals surface area contributed by atoms with Crippen molar-refractivity contribution in [1.82, 2.24) is 0 Å². The van der Waals surface area contributed by atoms with Crippen molar-refractivity contribution in [2.24, 2.45) is 10.9 Å². The van der Waals surface area contributed by atoms with Gasteiger partial charge in [0.1, 0.15) is 22.1 Å². The van der Waals surface area contributed by atoms with E-state index in [0.717, 1.165) is 5.56 Å². The van der Waals surface area contributed by atoms with Gasteiger partial charge < -0.3 is 24.4 Å². The minimum absolute atomic E-state index is 0.0249. The lowest BCUT2D eigenvalue weighted by Crippen LogP contribution is -2.53. The molecular weight excluding hydrogens is 486 g/mol. The highest BCUT2D eigenvalue weighted by molar-refractivity contribution is 6.35. The lowest BCUT2D eigenvalue weighted by Gasteiger charge is -2.37. The second-order valence-corrected chi connectivity index (χ2v) is 9.34. The first-order chi connectivity index (χ1) is 17.2. The molecule has 1 spiro atoms. The zero-order valence-electron chi connectivity index (χ0n) is 20.5. The van der Waals surface area contributed by atoms with Crippen molar-refractivity contribution >= 4 is 28.9 Å². The summed E-state index contributed by atoms with van der Waals surface area (Å²) in [6.45, 7) is 2.97. The molecule has 0 radical (unpaired) electrons. The molecule has 9 heteroatoms. The normalized spacial score (nSPS) is 22.5. The Bertz CT molecular complexity index is 1270. The Balaban J connectivity index is 1.81. The molecule has 2 N–H and O–H groups in total. The van der Waals surface area contributed by atoms with Crippen molar-refractivity contribution in [2.75, 3.05) is 20.8 Å². The minimum atomic E-state index is -1.88. The predicted octanol–water partition coefficient (Wildman–Crippen LogP) is 4.16. The molecule has 190 valence electrons. The number of benzene rings is 2. The van der Waals surface area contributed by atoms with E-state index in [2.05, 4.69) is 4.99 Å². The van der Waals surface area contributed by atoms with Gasteiger partial charge in [-0.15, -0.1) is 0 Å². The molecule has 1 aliphatic carbocycles. The summed E-state index contributed by atoms with van der Waals surface area (Å²) >= 11 is 6.46. The van der Waals surface area contributed by atoms with E-state index < -0.39 is 29.1 Å². The number of aliphatic imine (C=N–C) groups is 1. The Labute approximate surface area is 214 Å². The van der Waals surface area contributed by atoms with Crippen LogP contribution in [0.3, 0.4) is 0 Å². The van der Waals surface area contributed by atoms with Crippen LogP contribution in [0, 0.1) is 5.92 Å². The molecule has 4 rings (SSSR count). The molecule has 0 bridgehead atoms. The summed E-state index contributed by atoms with van der Waals surface area (Å²) in [5.41, 5.74) is -0.724. The smallest absolute Gasteiger partial charge is 0.231 e. The molecule has 0 amide bonds. The Hall–Kier alpha value is -3.36. The molecule has 0 saturated carbocycles. The van der Waals surface area contributed by atoms with E-state index >= 15 is 0 Å². The fourth-order valence-corrected chi connectivity index (χ4v) is 5.17. The summed E-state index contributed by atoms with van der Waals surface area (Å²) in [7, 11) is 2.82. The fraction of sp³-hybridized carbons (Fsp3) is 0.370. The molecule has 1 heterocycles. The molecule has 2 aromatic carbocycles. The Morgan fingerprint density at radius 1 is 1.22 bits per heavy atom. The number of aliphatic hydroxyl groups is 2. The molecule has 3 atom stereocenters. The maximum atomic E-state index is 13.8. The molecule has 1 aliphatic heterocycles. The number of ketones is 2. The first-order valence-electron chi connectivity index (χ1n) is 11.5. The summed E-state index contributed by atoms with van der Waals surface area (Å²) in [4.78, 5) is 31.5. The third kappa shape index (κ3) is 4.04. The number of hydrogen-bond donors (Lipinski definition) is 2. The van der Waals surface area contributed by atoms with Gasteiger partial charge in [0.25, 0.3) is 0 Å². The van der Waals surface area contributed by atoms with Crippen LogP contribution in [0.2, 0.25) is 5.02 Å². The Kier molecular flexibility index (Phi) is 7.11. The number of fused-ring (bicyclic) bond motifs is 1. The number of nitrogens with zero attached hydrogens (tertiary/aromatic N) is 1. The van der Waals surface area contributed by atoms with Gasteiger partial charge in [0.2, 0.25) is 11.4 Å². The van der Waals surface area contributed by atoms with Crippen molar-refractivity contribution in [3.05, 3.63) is 63.9 Å². The van der Waals surface area contributed by atoms with E-state index in [1.807, 2.05) is 30.3 Å². The SMILES string of the molecule is COc1cc(OC)c2c(c1Cl)O[C@]1(C2=O)C(O)=C(C(C)=N[C@@H](CO)Cc2ccccc2)C(=O)C[C@H]1C. The van der Waals surface area contributed by atoms with E-state index in [-0.39, 0.29) is 57.9 Å². The second-order valence-electron chi connectivity index (χ2n) is 8.96. The standard InChI is InChI=1S/C27H28ClNO7/c1-14-10-18(31)21(15(2)29-17(13-30)11-16-8-6-5-7-9-16)25(32)27(14)26(33)22-19(34-3)12-20(35-4)23(28)24(22)36-27/h5-9,12,14,17,30,32H,10-11,13H2,1-4H3/t14-,17-,27+/m1/s1. The number of rotatable bonds is 7. The highest BCUT2D eigenvalue weighted by atomic mass is 35.5. The number of carbonyl (C=O) groups is 2. The van der Waals surface area contributed by atoms with Gasteiger partial charge in [-0.2, -0.15) is 0 Å². The van der Waals surface area contributed by atoms with Crippen molar-refractivity contribution in [3.8, 4) is 17.2 Å². The lowest BCUT2D eigenvalue weighted by molar-refractivity contribution is -0.118. The molecule has 36 heavy (non-hydrogen) atoms. The van der Waals surface area contributed by atoms with Crippen LogP contribution in [0.25, 0.3) is 0 Å². The molecule has 8 nitrogen and oxygen atoms in total. The van der Waals surface area contributed by atoms with Gasteiger partial charge in [0.15, 0.2) is 17.3 Å². The number of ether oxygens (including phenoxy) is 3. The molecule has 0 unspecified atom stereocenters. The highest BCUT2D eigenvalue weighted by Gasteiger charge is 2.61. The maximum absolute atomic E-state index is 13.8. The molecular formula is C27H28ClNO7. The molecule has 0 fully saturated rings. The summed E-state index contributed by atoms with van der Waals surface area (Å²) < 4.78 is 16.8. The van der Waals surface area contributed by atoms with Gasteiger partial charge in [0.05, 0.1) is 32.4 Å². The van der Waals surface area contributed by atoms with Crippen LogP contribution in [0.15, 0.2) is 52.7 Å². The quantitative estimate of drug-likeness (QED) is 0.534. The van der Waals surface area contributed by atoms with Gasteiger partial charge >= 0.3 is 0 Å². The number of hydrogen-bond acceptors (Lipinski definition) is 8. The number of Topliss-reactive ketones (excluding diaryl/α,β-unsaturated/α-hetero) is 2. The summed E-state index contributed by atoms with van der Waals surface area (Å²) in [5, 5.41) is 21.5. The Morgan fingerprint density at radius 3 is 2.50 bits per heavy atom. The first-order valence-corrected chi connectivity index (χ1v) is 11.9. The van der Waals surface area contributed by atoms with Crippen molar-refractivity contribution in [1.29, 1.82) is 0 Å². The number of methoxy groups -OCH3 is 2. The van der Waals surface area contributed by atoms with Crippen molar-refractivity contribution in [2.45, 2.75) is 38.3 Å². The van der Waals surface area contributed by atoms with Crippen LogP contribution in [0.4, 0.5) is 0 Å². The number of allylic oxidation sites excluding steroid dienone is 1. The zero-order valence-corrected chi connectivity index (χ0v) is 21.3. The van der Waals surface area contributed by atoms with E-state index in [0.29, 0.717) is 6.42 Å². The van der Waals surface area contributed by atoms with Gasteiger partial charge in [-0.1, -0.05) is 48.9 Å². The topological polar surface area (TPSA) is 115 Å². The van der Waals surface area contributed by atoms with E-state index in [9.17, 15) is 19.8 Å². The second kappa shape index (κ2) is 9.95. The average molecular weight is 514 g/mol. The van der Waals surface area contributed by atoms with E-state index in [4.69, 9.17) is 25.8 Å². The van der Waals surface area contributed by atoms with Crippen LogP contribution in [0.5, 0.6) is 17.2 Å². The summed E-state index contributed by atoms with van der Waals surface area (Å²) in [6.07, 6.45) is 0.372. The predicted molar refractivity (Wildman–Crippen MR) is 135 cm³/mol. The van der Waals surface area contributed by atoms with Crippen LogP contribution in [0.1, 0.15) is 36.2 Å². The van der Waals surface area contributed by atoms with Crippen LogP contribution < -0.4 is 14.2 Å². The zero-order chi connectivity index (χ0) is 26.2. The Morgan fingerprint density at radius 2 is 1.89 bits per heavy atom. The van der Waals surface area contributed by atoms with Gasteiger partial charge in [-0.25, -0.2) is 0 Å². The number of aliphatic hydroxyl groups excluding tert-OH is 2. The number of halogens is 1. The van der Waals surface area contributed by atoms with Crippen LogP contribution in [-0.2, 0) is 11.2 Å². The third-order valence-corrected chi connectivity index (χ3v) is 7.09. The summed E-state index contributed by atoms with van der Waals surface area (Å²) in [5.74, 6) is -1.72. The van der Waals surface area contributed by atoms with Gasteiger partial charge in [0, 0.05) is 24.1 Å². The molecule has 0 aromatic heterocycles. The summed E-state index contributed by atoms with van der Waals surface area (Å²) in [6, 6.07) is 10.4.